The van der Waals surface area contributed by atoms with Gasteiger partial charge in [0.25, 0.3) is 0 Å². The first-order valence-corrected chi connectivity index (χ1v) is 9.94. The summed E-state index contributed by atoms with van der Waals surface area (Å²) < 4.78 is 6.22. The Balaban J connectivity index is 1.66. The molecule has 2 nitrogen and oxygen atoms in total. The molecule has 0 radical (unpaired) electrons. The minimum atomic E-state index is 0.935. The van der Waals surface area contributed by atoms with Crippen molar-refractivity contribution in [3.63, 3.8) is 0 Å². The van der Waals surface area contributed by atoms with Gasteiger partial charge < -0.3 is 9.72 Å². The van der Waals surface area contributed by atoms with Gasteiger partial charge in [-0.1, -0.05) is 42.1 Å². The Hall–Kier alpha value is -2.91. The second kappa shape index (κ2) is 5.30. The Bertz CT molecular complexity index is 1400. The van der Waals surface area contributed by atoms with Gasteiger partial charge in [0.2, 0.25) is 0 Å². The minimum Gasteiger partial charge on any atom is -0.455 e. The van der Waals surface area contributed by atoms with Gasteiger partial charge in [-0.15, -0.1) is 0 Å². The summed E-state index contributed by atoms with van der Waals surface area (Å²) in [7, 11) is 0. The summed E-state index contributed by atoms with van der Waals surface area (Å²) in [4.78, 5) is 5.99. The lowest BCUT2D eigenvalue weighted by molar-refractivity contribution is 0.455. The SMILES string of the molecule is Cc1ccc2[nH]c3c4cc5c(cc4ccc3c2c1C)Sc1ccccc1O5. The van der Waals surface area contributed by atoms with Gasteiger partial charge in [0, 0.05) is 21.7 Å². The Morgan fingerprint density at radius 2 is 1.70 bits per heavy atom. The summed E-state index contributed by atoms with van der Waals surface area (Å²) in [5, 5.41) is 5.05. The molecule has 0 unspecified atom stereocenters. The van der Waals surface area contributed by atoms with Crippen LogP contribution in [0.4, 0.5) is 0 Å². The molecule has 4 aromatic carbocycles. The Morgan fingerprint density at radius 1 is 0.815 bits per heavy atom. The van der Waals surface area contributed by atoms with Crippen LogP contribution in [-0.2, 0) is 0 Å². The first-order valence-electron chi connectivity index (χ1n) is 9.12. The van der Waals surface area contributed by atoms with Crippen molar-refractivity contribution in [1.29, 1.82) is 0 Å². The number of hydrogen-bond donors (Lipinski definition) is 1. The second-order valence-corrected chi connectivity index (χ2v) is 8.30. The van der Waals surface area contributed by atoms with Gasteiger partial charge in [-0.25, -0.2) is 0 Å². The fourth-order valence-electron chi connectivity index (χ4n) is 4.09. The predicted molar refractivity (Wildman–Crippen MR) is 113 cm³/mol. The zero-order chi connectivity index (χ0) is 18.1. The van der Waals surface area contributed by atoms with Crippen LogP contribution < -0.4 is 4.74 Å². The second-order valence-electron chi connectivity index (χ2n) is 7.21. The summed E-state index contributed by atoms with van der Waals surface area (Å²) in [5.74, 6) is 1.87. The van der Waals surface area contributed by atoms with Crippen LogP contribution in [0.25, 0.3) is 32.6 Å². The lowest BCUT2D eigenvalue weighted by atomic mass is 10.0. The van der Waals surface area contributed by atoms with Crippen molar-refractivity contribution in [2.24, 2.45) is 0 Å². The standard InChI is InChI=1S/C24H17NOS/c1-13-7-10-18-23(14(13)2)16-9-8-15-11-22-20(12-17(15)24(16)25-18)26-19-5-3-4-6-21(19)27-22/h3-12,25H,1-2H3. The predicted octanol–water partition coefficient (Wildman–Crippen LogP) is 7.35. The third-order valence-corrected chi connectivity index (χ3v) is 6.73. The van der Waals surface area contributed by atoms with Crippen molar-refractivity contribution in [1.82, 2.24) is 4.98 Å². The third kappa shape index (κ3) is 2.09. The average Bonchev–Trinajstić information content (AvgIpc) is 3.07. The number of nitrogens with one attached hydrogen (secondary N) is 1. The van der Waals surface area contributed by atoms with E-state index in [1.54, 1.807) is 11.8 Å². The molecule has 3 heteroatoms. The van der Waals surface area contributed by atoms with Gasteiger partial charge in [0.15, 0.2) is 0 Å². The third-order valence-electron chi connectivity index (χ3n) is 5.64. The highest BCUT2D eigenvalue weighted by molar-refractivity contribution is 7.99. The molecular formula is C24H17NOS. The molecule has 2 heterocycles. The van der Waals surface area contributed by atoms with E-state index in [9.17, 15) is 0 Å². The number of ether oxygens (including phenoxy) is 1. The Kier molecular flexibility index (Phi) is 2.98. The average molecular weight is 367 g/mol. The van der Waals surface area contributed by atoms with Crippen LogP contribution in [-0.4, -0.2) is 4.98 Å². The van der Waals surface area contributed by atoms with Crippen LogP contribution in [0.3, 0.4) is 0 Å². The van der Waals surface area contributed by atoms with Crippen molar-refractivity contribution < 1.29 is 4.74 Å². The summed E-state index contributed by atoms with van der Waals surface area (Å²) in [5.41, 5.74) is 5.05. The fourth-order valence-corrected chi connectivity index (χ4v) is 5.07. The highest BCUT2D eigenvalue weighted by atomic mass is 32.2. The van der Waals surface area contributed by atoms with E-state index in [2.05, 4.69) is 67.4 Å². The van der Waals surface area contributed by atoms with Crippen LogP contribution in [0.1, 0.15) is 11.1 Å². The van der Waals surface area contributed by atoms with Gasteiger partial charge in [-0.3, -0.25) is 0 Å². The molecule has 1 aromatic heterocycles. The van der Waals surface area contributed by atoms with Crippen molar-refractivity contribution in [3.8, 4) is 11.5 Å². The number of hydrogen-bond acceptors (Lipinski definition) is 2. The van der Waals surface area contributed by atoms with Crippen molar-refractivity contribution in [3.05, 3.63) is 71.8 Å². The number of para-hydroxylation sites is 1. The summed E-state index contributed by atoms with van der Waals surface area (Å²) in [6.07, 6.45) is 0. The highest BCUT2D eigenvalue weighted by Gasteiger charge is 2.19. The molecule has 0 saturated heterocycles. The monoisotopic (exact) mass is 367 g/mol. The molecule has 1 aliphatic heterocycles. The normalized spacial score (nSPS) is 13.0. The minimum absolute atomic E-state index is 0.935. The van der Waals surface area contributed by atoms with Gasteiger partial charge >= 0.3 is 0 Å². The summed E-state index contributed by atoms with van der Waals surface area (Å²) in [6.45, 7) is 4.38. The first kappa shape index (κ1) is 15.2. The zero-order valence-corrected chi connectivity index (χ0v) is 15.9. The maximum Gasteiger partial charge on any atom is 0.142 e. The quantitative estimate of drug-likeness (QED) is 0.304. The van der Waals surface area contributed by atoms with E-state index in [0.717, 1.165) is 11.5 Å². The van der Waals surface area contributed by atoms with Gasteiger partial charge in [0.1, 0.15) is 11.5 Å². The molecule has 27 heavy (non-hydrogen) atoms. The van der Waals surface area contributed by atoms with Crippen LogP contribution in [0.2, 0.25) is 0 Å². The van der Waals surface area contributed by atoms with Crippen LogP contribution in [0, 0.1) is 13.8 Å². The largest absolute Gasteiger partial charge is 0.455 e. The fraction of sp³-hybridized carbons (Fsp3) is 0.0833. The molecule has 0 bridgehead atoms. The lowest BCUT2D eigenvalue weighted by Crippen LogP contribution is -1.94. The Morgan fingerprint density at radius 3 is 2.63 bits per heavy atom. The smallest absolute Gasteiger partial charge is 0.142 e. The number of aryl methyl sites for hydroxylation is 2. The van der Waals surface area contributed by atoms with Crippen molar-refractivity contribution in [2.75, 3.05) is 0 Å². The number of rotatable bonds is 0. The lowest BCUT2D eigenvalue weighted by Gasteiger charge is -2.20. The molecule has 0 atom stereocenters. The van der Waals surface area contributed by atoms with Gasteiger partial charge in [-0.2, -0.15) is 0 Å². The number of H-pyrrole nitrogens is 1. The van der Waals surface area contributed by atoms with Crippen molar-refractivity contribution >= 4 is 44.3 Å². The summed E-state index contributed by atoms with van der Waals surface area (Å²) in [6, 6.07) is 21.5. The van der Waals surface area contributed by atoms with E-state index in [1.165, 1.54) is 53.5 Å². The molecule has 0 saturated carbocycles. The molecule has 130 valence electrons. The topological polar surface area (TPSA) is 25.0 Å². The summed E-state index contributed by atoms with van der Waals surface area (Å²) >= 11 is 1.78. The van der Waals surface area contributed by atoms with Gasteiger partial charge in [0.05, 0.1) is 15.3 Å². The molecule has 1 aliphatic rings. The number of aromatic amines is 1. The first-order chi connectivity index (χ1) is 13.2. The molecular weight excluding hydrogens is 350 g/mol. The van der Waals surface area contributed by atoms with E-state index in [1.807, 2.05) is 12.1 Å². The molecule has 6 rings (SSSR count). The highest BCUT2D eigenvalue weighted by Crippen LogP contribution is 2.49. The molecule has 0 fully saturated rings. The van der Waals surface area contributed by atoms with Crippen LogP contribution in [0.15, 0.2) is 70.5 Å². The van der Waals surface area contributed by atoms with Crippen LogP contribution >= 0.6 is 11.8 Å². The van der Waals surface area contributed by atoms with E-state index >= 15 is 0 Å². The van der Waals surface area contributed by atoms with Crippen LogP contribution in [0.5, 0.6) is 11.5 Å². The number of benzene rings is 4. The number of fused-ring (bicyclic) bond motifs is 7. The Labute approximate surface area is 161 Å². The molecule has 0 amide bonds. The van der Waals surface area contributed by atoms with E-state index in [0.29, 0.717) is 0 Å². The molecule has 0 spiro atoms. The van der Waals surface area contributed by atoms with Gasteiger partial charge in [-0.05, 0) is 60.7 Å². The van der Waals surface area contributed by atoms with E-state index in [4.69, 9.17) is 4.74 Å². The number of aromatic nitrogens is 1. The molecule has 0 aliphatic carbocycles. The van der Waals surface area contributed by atoms with Crippen molar-refractivity contribution in [2.45, 2.75) is 23.6 Å². The maximum atomic E-state index is 6.22. The van der Waals surface area contributed by atoms with E-state index in [-0.39, 0.29) is 0 Å². The van der Waals surface area contributed by atoms with E-state index < -0.39 is 0 Å². The zero-order valence-electron chi connectivity index (χ0n) is 15.1. The molecule has 1 N–H and O–H groups in total. The molecule has 5 aromatic rings. The maximum absolute atomic E-state index is 6.22.